The van der Waals surface area contributed by atoms with Gasteiger partial charge >= 0.3 is 11.9 Å². The zero-order chi connectivity index (χ0) is 26.1. The molecule has 0 amide bonds. The molecule has 0 spiro atoms. The van der Waals surface area contributed by atoms with Crippen LogP contribution in [-0.2, 0) is 14.3 Å². The third-order valence-electron chi connectivity index (χ3n) is 5.83. The first-order chi connectivity index (χ1) is 17.9. The molecule has 10 heteroatoms. The van der Waals surface area contributed by atoms with Crippen molar-refractivity contribution in [1.82, 2.24) is 4.57 Å². The van der Waals surface area contributed by atoms with Gasteiger partial charge < -0.3 is 13.9 Å². The highest BCUT2D eigenvalue weighted by atomic mass is 32.1. The van der Waals surface area contributed by atoms with Crippen LogP contribution in [0.25, 0.3) is 17.4 Å². The van der Waals surface area contributed by atoms with E-state index in [9.17, 15) is 14.4 Å². The van der Waals surface area contributed by atoms with Crippen LogP contribution >= 0.6 is 22.7 Å². The summed E-state index contributed by atoms with van der Waals surface area (Å²) < 4.78 is 18.1. The normalized spacial score (nSPS) is 15.3. The van der Waals surface area contributed by atoms with Gasteiger partial charge in [-0.15, -0.1) is 11.3 Å². The lowest BCUT2D eigenvalue weighted by Crippen LogP contribution is -2.39. The molecule has 0 aliphatic carbocycles. The van der Waals surface area contributed by atoms with Crippen molar-refractivity contribution in [3.05, 3.63) is 101 Å². The summed E-state index contributed by atoms with van der Waals surface area (Å²) in [6.45, 7) is 3.71. The topological polar surface area (TPSA) is 100 Å². The fourth-order valence-electron chi connectivity index (χ4n) is 4.20. The van der Waals surface area contributed by atoms with Gasteiger partial charge in [0.05, 0.1) is 35.1 Å². The van der Waals surface area contributed by atoms with Crippen molar-refractivity contribution in [2.45, 2.75) is 19.9 Å². The number of allylic oxidation sites excluding steroid dienone is 1. The van der Waals surface area contributed by atoms with Gasteiger partial charge in [0.1, 0.15) is 17.6 Å². The molecule has 0 saturated carbocycles. The number of thiazole rings is 1. The van der Waals surface area contributed by atoms with E-state index < -0.39 is 18.0 Å². The van der Waals surface area contributed by atoms with Crippen molar-refractivity contribution in [3.63, 3.8) is 0 Å². The summed E-state index contributed by atoms with van der Waals surface area (Å²) in [5.41, 5.74) is 1.54. The smallest absolute Gasteiger partial charge is 0.338 e. The Balaban J connectivity index is 1.61. The van der Waals surface area contributed by atoms with Gasteiger partial charge in [-0.2, -0.15) is 0 Å². The number of furan rings is 1. The molecule has 8 nitrogen and oxygen atoms in total. The number of nitrogens with zero attached hydrogens (tertiary/aromatic N) is 2. The van der Waals surface area contributed by atoms with Crippen molar-refractivity contribution in [1.29, 1.82) is 0 Å². The van der Waals surface area contributed by atoms with Crippen LogP contribution < -0.4 is 14.9 Å². The van der Waals surface area contributed by atoms with Crippen LogP contribution in [0.4, 0.5) is 0 Å². The average molecular weight is 535 g/mol. The molecule has 1 aliphatic rings. The average Bonchev–Trinajstić information content (AvgIpc) is 3.65. The molecule has 0 bridgehead atoms. The first-order valence-electron chi connectivity index (χ1n) is 11.4. The second-order valence-electron chi connectivity index (χ2n) is 8.06. The Kier molecular flexibility index (Phi) is 6.77. The number of thiophene rings is 1. The number of methoxy groups -OCH3 is 1. The van der Waals surface area contributed by atoms with Crippen LogP contribution in [0.1, 0.15) is 40.9 Å². The molecular weight excluding hydrogens is 512 g/mol. The molecule has 37 heavy (non-hydrogen) atoms. The largest absolute Gasteiger partial charge is 0.465 e. The van der Waals surface area contributed by atoms with E-state index in [1.54, 1.807) is 56.3 Å². The van der Waals surface area contributed by atoms with Crippen LogP contribution in [0.15, 0.2) is 79.4 Å². The van der Waals surface area contributed by atoms with Gasteiger partial charge in [-0.05, 0) is 43.5 Å². The van der Waals surface area contributed by atoms with Gasteiger partial charge in [0.2, 0.25) is 0 Å². The number of ether oxygens (including phenoxy) is 2. The molecular formula is C27H22N2O6S2. The van der Waals surface area contributed by atoms with E-state index in [1.165, 1.54) is 34.4 Å². The number of hydrogen-bond acceptors (Lipinski definition) is 9. The van der Waals surface area contributed by atoms with Gasteiger partial charge in [-0.1, -0.05) is 35.6 Å². The predicted octanol–water partition coefficient (Wildman–Crippen LogP) is 3.91. The maximum Gasteiger partial charge on any atom is 0.338 e. The van der Waals surface area contributed by atoms with Gasteiger partial charge in [0.15, 0.2) is 4.80 Å². The van der Waals surface area contributed by atoms with E-state index in [1.807, 2.05) is 17.5 Å². The van der Waals surface area contributed by atoms with Gasteiger partial charge in [0, 0.05) is 16.5 Å². The van der Waals surface area contributed by atoms with Gasteiger partial charge in [-0.3, -0.25) is 9.36 Å². The fourth-order valence-corrected chi connectivity index (χ4v) is 6.05. The first kappa shape index (κ1) is 24.7. The quantitative estimate of drug-likeness (QED) is 0.348. The lowest BCUT2D eigenvalue weighted by Gasteiger charge is -2.23. The Hall–Kier alpha value is -4.02. The number of carbonyl (C=O) groups is 2. The maximum absolute atomic E-state index is 13.6. The highest BCUT2D eigenvalue weighted by Crippen LogP contribution is 2.33. The summed E-state index contributed by atoms with van der Waals surface area (Å²) in [5, 5.41) is 1.90. The Morgan fingerprint density at radius 3 is 2.68 bits per heavy atom. The zero-order valence-corrected chi connectivity index (χ0v) is 21.9. The molecule has 5 rings (SSSR count). The molecule has 0 fully saturated rings. The minimum atomic E-state index is -0.628. The van der Waals surface area contributed by atoms with E-state index in [-0.39, 0.29) is 12.2 Å². The van der Waals surface area contributed by atoms with E-state index in [2.05, 4.69) is 4.99 Å². The van der Waals surface area contributed by atoms with Crippen LogP contribution in [-0.4, -0.2) is 30.2 Å². The van der Waals surface area contributed by atoms with Gasteiger partial charge in [0.25, 0.3) is 5.56 Å². The minimum Gasteiger partial charge on any atom is -0.465 e. The Labute approximate surface area is 219 Å². The van der Waals surface area contributed by atoms with E-state index in [0.717, 1.165) is 4.88 Å². The van der Waals surface area contributed by atoms with Crippen LogP contribution in [0.2, 0.25) is 0 Å². The highest BCUT2D eigenvalue weighted by Gasteiger charge is 2.33. The lowest BCUT2D eigenvalue weighted by atomic mass is 10.0. The van der Waals surface area contributed by atoms with E-state index >= 15 is 0 Å². The Morgan fingerprint density at radius 1 is 1.14 bits per heavy atom. The number of rotatable bonds is 6. The van der Waals surface area contributed by atoms with Crippen LogP contribution in [0, 0.1) is 0 Å². The van der Waals surface area contributed by atoms with E-state index in [4.69, 9.17) is 13.9 Å². The van der Waals surface area contributed by atoms with Crippen molar-refractivity contribution >= 4 is 40.7 Å². The molecule has 4 aromatic rings. The standard InChI is InChI=1S/C27H22N2O6S2/c1-4-34-26(32)22-15(2)28-27-29(23(22)20-10-7-13-36-20)24(30)21(37-27)14-16-11-12-19(35-16)17-8-5-6-9-18(17)25(31)33-3/h5-14,23H,4H2,1-3H3/b21-14-/t23-/m1/s1. The summed E-state index contributed by atoms with van der Waals surface area (Å²) in [6.07, 6.45) is 1.64. The summed E-state index contributed by atoms with van der Waals surface area (Å²) >= 11 is 2.68. The molecule has 4 heterocycles. The second-order valence-corrected chi connectivity index (χ2v) is 10.0. The number of carbonyl (C=O) groups excluding carboxylic acids is 2. The van der Waals surface area contributed by atoms with Crippen molar-refractivity contribution < 1.29 is 23.5 Å². The number of benzene rings is 1. The van der Waals surface area contributed by atoms with E-state index in [0.29, 0.717) is 43.3 Å². The number of hydrogen-bond donors (Lipinski definition) is 0. The summed E-state index contributed by atoms with van der Waals surface area (Å²) in [6, 6.07) is 13.6. The number of aromatic nitrogens is 1. The summed E-state index contributed by atoms with van der Waals surface area (Å²) in [4.78, 5) is 44.6. The molecule has 1 aromatic carbocycles. The minimum absolute atomic E-state index is 0.219. The molecule has 188 valence electrons. The molecule has 1 aliphatic heterocycles. The third kappa shape index (κ3) is 4.49. The Morgan fingerprint density at radius 2 is 1.95 bits per heavy atom. The van der Waals surface area contributed by atoms with Gasteiger partial charge in [-0.25, -0.2) is 14.6 Å². The molecule has 3 aromatic heterocycles. The molecule has 0 saturated heterocycles. The van der Waals surface area contributed by atoms with Crippen LogP contribution in [0.3, 0.4) is 0 Å². The Bertz CT molecular complexity index is 1710. The first-order valence-corrected chi connectivity index (χ1v) is 13.1. The van der Waals surface area contributed by atoms with Crippen molar-refractivity contribution in [2.75, 3.05) is 13.7 Å². The predicted molar refractivity (Wildman–Crippen MR) is 140 cm³/mol. The maximum atomic E-state index is 13.6. The zero-order valence-electron chi connectivity index (χ0n) is 20.2. The molecule has 0 radical (unpaired) electrons. The molecule has 1 atom stereocenters. The number of esters is 2. The summed E-state index contributed by atoms with van der Waals surface area (Å²) in [7, 11) is 1.32. The fraction of sp³-hybridized carbons (Fsp3) is 0.185. The SMILES string of the molecule is CCOC(=O)C1=C(C)N=c2s/c(=C\c3ccc(-c4ccccc4C(=O)OC)o3)c(=O)n2[C@@H]1c1cccs1. The van der Waals surface area contributed by atoms with Crippen molar-refractivity contribution in [3.8, 4) is 11.3 Å². The highest BCUT2D eigenvalue weighted by molar-refractivity contribution is 7.10. The monoisotopic (exact) mass is 534 g/mol. The summed E-state index contributed by atoms with van der Waals surface area (Å²) in [5.74, 6) is -0.0505. The molecule has 0 N–H and O–H groups in total. The lowest BCUT2D eigenvalue weighted by molar-refractivity contribution is -0.139. The number of fused-ring (bicyclic) bond motifs is 1. The van der Waals surface area contributed by atoms with Crippen LogP contribution in [0.5, 0.6) is 0 Å². The third-order valence-corrected chi connectivity index (χ3v) is 7.74. The second kappa shape index (κ2) is 10.2. The van der Waals surface area contributed by atoms with Crippen molar-refractivity contribution in [2.24, 2.45) is 4.99 Å². The molecule has 0 unspecified atom stereocenters.